The summed E-state index contributed by atoms with van der Waals surface area (Å²) in [7, 11) is 3.92. The first-order chi connectivity index (χ1) is 12.0. The summed E-state index contributed by atoms with van der Waals surface area (Å²) in [5, 5.41) is 3.11. The molecule has 134 valence electrons. The Kier molecular flexibility index (Phi) is 5.60. The topological polar surface area (TPSA) is 74.2 Å². The quantitative estimate of drug-likeness (QED) is 0.873. The van der Waals surface area contributed by atoms with Crippen LogP contribution < -0.4 is 10.2 Å². The minimum Gasteiger partial charge on any atom is -0.378 e. The maximum absolute atomic E-state index is 12.2. The number of benzene rings is 1. The molecule has 2 amide bonds. The van der Waals surface area contributed by atoms with E-state index in [1.165, 1.54) is 11.8 Å². The Bertz CT molecular complexity index is 669. The average Bonchev–Trinajstić information content (AvgIpc) is 2.97. The number of aliphatic imine (C=N–C) groups is 1. The number of ether oxygens (including phenoxy) is 1. The lowest BCUT2D eigenvalue weighted by atomic mass is 10.2. The number of carbonyl (C=O) groups excluding carboxylic acids is 2. The van der Waals surface area contributed by atoms with E-state index in [1.54, 1.807) is 0 Å². The summed E-state index contributed by atoms with van der Waals surface area (Å²) in [4.78, 5) is 32.5. The molecule has 1 N–H and O–H groups in total. The third-order valence-electron chi connectivity index (χ3n) is 4.05. The number of anilines is 2. The Morgan fingerprint density at radius 3 is 2.64 bits per heavy atom. The number of amides is 2. The van der Waals surface area contributed by atoms with Crippen molar-refractivity contribution in [2.24, 2.45) is 4.99 Å². The number of thioether (sulfide) groups is 1. The number of rotatable bonds is 4. The maximum Gasteiger partial charge on any atom is 0.262 e. The summed E-state index contributed by atoms with van der Waals surface area (Å²) in [5.74, 6) is -0.411. The minimum atomic E-state index is -0.445. The van der Waals surface area contributed by atoms with E-state index >= 15 is 0 Å². The number of amidine groups is 1. The van der Waals surface area contributed by atoms with Gasteiger partial charge in [0.1, 0.15) is 5.25 Å². The molecule has 1 atom stereocenters. The van der Waals surface area contributed by atoms with E-state index in [4.69, 9.17) is 4.74 Å². The van der Waals surface area contributed by atoms with Crippen molar-refractivity contribution in [3.63, 3.8) is 0 Å². The number of nitrogens with zero attached hydrogens (tertiary/aromatic N) is 3. The predicted octanol–water partition coefficient (Wildman–Crippen LogP) is 1.41. The Morgan fingerprint density at radius 1 is 1.32 bits per heavy atom. The van der Waals surface area contributed by atoms with Gasteiger partial charge >= 0.3 is 0 Å². The summed E-state index contributed by atoms with van der Waals surface area (Å²) in [6.45, 7) is 2.75. The molecular formula is C17H22N4O3S. The van der Waals surface area contributed by atoms with Gasteiger partial charge in [-0.15, -0.1) is 0 Å². The number of morpholine rings is 1. The molecule has 0 aliphatic carbocycles. The predicted molar refractivity (Wildman–Crippen MR) is 100 cm³/mol. The highest BCUT2D eigenvalue weighted by Gasteiger charge is 2.33. The molecule has 2 heterocycles. The molecule has 1 aromatic rings. The molecule has 0 spiro atoms. The highest BCUT2D eigenvalue weighted by Crippen LogP contribution is 2.28. The van der Waals surface area contributed by atoms with Crippen molar-refractivity contribution >= 4 is 40.1 Å². The van der Waals surface area contributed by atoms with Crippen LogP contribution in [-0.4, -0.2) is 67.5 Å². The first-order valence-electron chi connectivity index (χ1n) is 8.22. The number of carbonyl (C=O) groups is 2. The standard InChI is InChI=1S/C17H22N4O3S/c1-20(2)13-5-3-12(4-6-13)18-15(22)11-14-16(23)19-17(25-14)21-7-9-24-10-8-21/h3-6,14H,7-11H2,1-2H3,(H,18,22)/t14-/m1/s1. The molecule has 1 saturated heterocycles. The Balaban J connectivity index is 1.52. The fraction of sp³-hybridized carbons (Fsp3) is 0.471. The second-order valence-electron chi connectivity index (χ2n) is 6.13. The largest absolute Gasteiger partial charge is 0.378 e. The van der Waals surface area contributed by atoms with Crippen molar-refractivity contribution in [3.05, 3.63) is 24.3 Å². The molecule has 8 heteroatoms. The third kappa shape index (κ3) is 4.52. The van der Waals surface area contributed by atoms with Gasteiger partial charge in [0.05, 0.1) is 13.2 Å². The summed E-state index contributed by atoms with van der Waals surface area (Å²) in [6.07, 6.45) is 0.121. The van der Waals surface area contributed by atoms with Crippen LogP contribution >= 0.6 is 11.8 Å². The molecule has 1 aromatic carbocycles. The van der Waals surface area contributed by atoms with E-state index in [0.717, 1.165) is 24.5 Å². The first-order valence-corrected chi connectivity index (χ1v) is 9.10. The lowest BCUT2D eigenvalue weighted by Crippen LogP contribution is -2.39. The lowest BCUT2D eigenvalue weighted by Gasteiger charge is -2.27. The molecule has 0 aromatic heterocycles. The molecular weight excluding hydrogens is 340 g/mol. The molecule has 0 radical (unpaired) electrons. The fourth-order valence-electron chi connectivity index (χ4n) is 2.62. The highest BCUT2D eigenvalue weighted by molar-refractivity contribution is 8.15. The molecule has 2 aliphatic heterocycles. The van der Waals surface area contributed by atoms with Gasteiger partial charge in [-0.2, -0.15) is 4.99 Å². The summed E-state index contributed by atoms with van der Waals surface area (Å²) in [6, 6.07) is 7.58. The molecule has 1 fully saturated rings. The Morgan fingerprint density at radius 2 is 2.00 bits per heavy atom. The summed E-state index contributed by atoms with van der Waals surface area (Å²) >= 11 is 1.37. The van der Waals surface area contributed by atoms with Gasteiger partial charge in [0.2, 0.25) is 5.91 Å². The summed E-state index contributed by atoms with van der Waals surface area (Å²) < 4.78 is 5.31. The van der Waals surface area contributed by atoms with Gasteiger partial charge in [0.15, 0.2) is 5.17 Å². The molecule has 0 saturated carbocycles. The van der Waals surface area contributed by atoms with E-state index in [0.29, 0.717) is 18.4 Å². The van der Waals surface area contributed by atoms with Gasteiger partial charge in [0.25, 0.3) is 5.91 Å². The normalized spacial score (nSPS) is 20.4. The van der Waals surface area contributed by atoms with E-state index < -0.39 is 5.25 Å². The number of hydrogen-bond acceptors (Lipinski definition) is 6. The molecule has 7 nitrogen and oxygen atoms in total. The van der Waals surface area contributed by atoms with Crippen LogP contribution in [0.4, 0.5) is 11.4 Å². The molecule has 3 rings (SSSR count). The van der Waals surface area contributed by atoms with Gasteiger partial charge in [-0.1, -0.05) is 11.8 Å². The van der Waals surface area contributed by atoms with Crippen LogP contribution in [0.5, 0.6) is 0 Å². The van der Waals surface area contributed by atoms with Crippen molar-refractivity contribution in [3.8, 4) is 0 Å². The van der Waals surface area contributed by atoms with Gasteiger partial charge in [-0.3, -0.25) is 9.59 Å². The van der Waals surface area contributed by atoms with Crippen LogP contribution in [0.15, 0.2) is 29.3 Å². The highest BCUT2D eigenvalue weighted by atomic mass is 32.2. The van der Waals surface area contributed by atoms with E-state index in [1.807, 2.05) is 48.2 Å². The van der Waals surface area contributed by atoms with E-state index in [2.05, 4.69) is 10.3 Å². The van der Waals surface area contributed by atoms with E-state index in [-0.39, 0.29) is 18.2 Å². The smallest absolute Gasteiger partial charge is 0.262 e. The van der Waals surface area contributed by atoms with Gasteiger partial charge in [0, 0.05) is 45.0 Å². The molecule has 0 bridgehead atoms. The van der Waals surface area contributed by atoms with Crippen molar-refractivity contribution in [1.82, 2.24) is 4.90 Å². The van der Waals surface area contributed by atoms with Gasteiger partial charge in [-0.25, -0.2) is 0 Å². The molecule has 0 unspecified atom stereocenters. The fourth-order valence-corrected chi connectivity index (χ4v) is 3.74. The van der Waals surface area contributed by atoms with Crippen LogP contribution in [0.3, 0.4) is 0 Å². The zero-order chi connectivity index (χ0) is 17.8. The van der Waals surface area contributed by atoms with E-state index in [9.17, 15) is 9.59 Å². The molecule has 25 heavy (non-hydrogen) atoms. The number of hydrogen-bond donors (Lipinski definition) is 1. The van der Waals surface area contributed by atoms with Crippen molar-refractivity contribution in [2.45, 2.75) is 11.7 Å². The maximum atomic E-state index is 12.2. The van der Waals surface area contributed by atoms with Crippen LogP contribution in [0.1, 0.15) is 6.42 Å². The summed E-state index contributed by atoms with van der Waals surface area (Å²) in [5.41, 5.74) is 1.78. The SMILES string of the molecule is CN(C)c1ccc(NC(=O)C[C@H]2SC(N3CCOCC3)=NC2=O)cc1. The average molecular weight is 362 g/mol. The van der Waals surface area contributed by atoms with Crippen LogP contribution in [0.2, 0.25) is 0 Å². The van der Waals surface area contributed by atoms with Crippen LogP contribution in [0, 0.1) is 0 Å². The van der Waals surface area contributed by atoms with Crippen LogP contribution in [0.25, 0.3) is 0 Å². The second kappa shape index (κ2) is 7.88. The van der Waals surface area contributed by atoms with Crippen molar-refractivity contribution in [1.29, 1.82) is 0 Å². The Labute approximate surface area is 151 Å². The van der Waals surface area contributed by atoms with Crippen molar-refractivity contribution in [2.75, 3.05) is 50.6 Å². The van der Waals surface area contributed by atoms with Crippen molar-refractivity contribution < 1.29 is 14.3 Å². The van der Waals surface area contributed by atoms with Crippen LogP contribution in [-0.2, 0) is 14.3 Å². The zero-order valence-corrected chi connectivity index (χ0v) is 15.2. The lowest BCUT2D eigenvalue weighted by molar-refractivity contribution is -0.121. The monoisotopic (exact) mass is 362 g/mol. The third-order valence-corrected chi connectivity index (χ3v) is 5.26. The number of nitrogens with one attached hydrogen (secondary N) is 1. The van der Waals surface area contributed by atoms with Gasteiger partial charge < -0.3 is 19.9 Å². The van der Waals surface area contributed by atoms with Gasteiger partial charge in [-0.05, 0) is 24.3 Å². The molecule has 2 aliphatic rings. The second-order valence-corrected chi connectivity index (χ2v) is 7.30. The Hall–Kier alpha value is -2.06. The minimum absolute atomic E-state index is 0.121. The zero-order valence-electron chi connectivity index (χ0n) is 14.4. The first kappa shape index (κ1) is 17.8.